The summed E-state index contributed by atoms with van der Waals surface area (Å²) in [7, 11) is 1.73. The molecule has 2 nitrogen and oxygen atoms in total. The number of benzene rings is 1. The molecule has 2 heteroatoms. The zero-order valence-electron chi connectivity index (χ0n) is 12.9. The topological polar surface area (TPSA) is 26.3 Å². The quantitative estimate of drug-likeness (QED) is 0.772. The van der Waals surface area contributed by atoms with Crippen LogP contribution in [0.1, 0.15) is 50.2 Å². The number of allylic oxidation sites excluding steroid dienone is 2. The van der Waals surface area contributed by atoms with Gasteiger partial charge in [0.25, 0.3) is 0 Å². The summed E-state index contributed by atoms with van der Waals surface area (Å²) < 4.78 is 5.36. The van der Waals surface area contributed by atoms with Gasteiger partial charge < -0.3 is 4.74 Å². The monoisotopic (exact) mass is 282 g/mol. The summed E-state index contributed by atoms with van der Waals surface area (Å²) in [5.74, 6) is 1.96. The van der Waals surface area contributed by atoms with E-state index in [1.54, 1.807) is 12.7 Å². The van der Waals surface area contributed by atoms with E-state index >= 15 is 0 Å². The van der Waals surface area contributed by atoms with Crippen molar-refractivity contribution in [2.75, 3.05) is 7.11 Å². The maximum absolute atomic E-state index is 12.3. The minimum absolute atomic E-state index is 0.0667. The molecule has 1 aromatic rings. The zero-order valence-corrected chi connectivity index (χ0v) is 12.9. The summed E-state index contributed by atoms with van der Waals surface area (Å²) in [4.78, 5) is 12.3. The van der Waals surface area contributed by atoms with Crippen LogP contribution in [-0.2, 0) is 11.2 Å². The van der Waals surface area contributed by atoms with Crippen LogP contribution in [0.2, 0.25) is 0 Å². The van der Waals surface area contributed by atoms with Gasteiger partial charge in [-0.2, -0.15) is 0 Å². The highest BCUT2D eigenvalue weighted by Gasteiger charge is 2.50. The fourth-order valence-electron chi connectivity index (χ4n) is 4.80. The van der Waals surface area contributed by atoms with Gasteiger partial charge in [0.05, 0.1) is 7.11 Å². The van der Waals surface area contributed by atoms with Gasteiger partial charge in [0.2, 0.25) is 0 Å². The third kappa shape index (κ3) is 1.74. The second-order valence-corrected chi connectivity index (χ2v) is 6.96. The molecular weight excluding hydrogens is 260 g/mol. The highest BCUT2D eigenvalue weighted by molar-refractivity contribution is 5.90. The van der Waals surface area contributed by atoms with Crippen LogP contribution >= 0.6 is 0 Å². The Hall–Kier alpha value is -1.57. The first-order chi connectivity index (χ1) is 10.1. The van der Waals surface area contributed by atoms with E-state index in [9.17, 15) is 4.79 Å². The van der Waals surface area contributed by atoms with Crippen molar-refractivity contribution in [1.82, 2.24) is 0 Å². The number of rotatable bonds is 1. The maximum atomic E-state index is 12.3. The molecule has 1 fully saturated rings. The van der Waals surface area contributed by atoms with Crippen LogP contribution in [0.15, 0.2) is 23.8 Å². The third-order valence-corrected chi connectivity index (χ3v) is 6.07. The molecule has 0 spiro atoms. The Morgan fingerprint density at radius 2 is 2.05 bits per heavy atom. The number of aryl methyl sites for hydroxylation is 1. The van der Waals surface area contributed by atoms with Crippen molar-refractivity contribution in [3.05, 3.63) is 34.9 Å². The number of methoxy groups -OCH3 is 1. The minimum atomic E-state index is -0.0667. The van der Waals surface area contributed by atoms with Crippen molar-refractivity contribution in [1.29, 1.82) is 0 Å². The van der Waals surface area contributed by atoms with Crippen molar-refractivity contribution < 1.29 is 9.53 Å². The molecule has 1 unspecified atom stereocenters. The van der Waals surface area contributed by atoms with Crippen molar-refractivity contribution in [2.45, 2.75) is 45.4 Å². The molecule has 0 saturated heterocycles. The van der Waals surface area contributed by atoms with E-state index in [0.29, 0.717) is 11.7 Å². The number of ketones is 1. The predicted octanol–water partition coefficient (Wildman–Crippen LogP) is 4.17. The van der Waals surface area contributed by atoms with Crippen LogP contribution in [0, 0.1) is 11.3 Å². The molecule has 1 aromatic carbocycles. The van der Waals surface area contributed by atoms with Crippen LogP contribution in [0.5, 0.6) is 5.75 Å². The van der Waals surface area contributed by atoms with Gasteiger partial charge in [0, 0.05) is 11.8 Å². The van der Waals surface area contributed by atoms with Crippen LogP contribution in [-0.4, -0.2) is 12.9 Å². The molecule has 110 valence electrons. The Labute approximate surface area is 126 Å². The molecule has 2 atom stereocenters. The summed E-state index contributed by atoms with van der Waals surface area (Å²) >= 11 is 0. The summed E-state index contributed by atoms with van der Waals surface area (Å²) in [5, 5.41) is 0. The molecule has 0 amide bonds. The van der Waals surface area contributed by atoms with Gasteiger partial charge in [-0.05, 0) is 66.9 Å². The Morgan fingerprint density at radius 3 is 2.86 bits per heavy atom. The molecule has 1 saturated carbocycles. The normalized spacial score (nSPS) is 30.8. The lowest BCUT2D eigenvalue weighted by atomic mass is 9.63. The fourth-order valence-corrected chi connectivity index (χ4v) is 4.80. The van der Waals surface area contributed by atoms with Gasteiger partial charge in [0.15, 0.2) is 0 Å². The number of hydrogen-bond acceptors (Lipinski definition) is 2. The number of hydrogen-bond donors (Lipinski definition) is 0. The number of fused-ring (bicyclic) bond motifs is 4. The largest absolute Gasteiger partial charge is 0.497 e. The highest BCUT2D eigenvalue weighted by atomic mass is 16.5. The summed E-state index contributed by atoms with van der Waals surface area (Å²) in [5.41, 5.74) is 5.89. The van der Waals surface area contributed by atoms with Gasteiger partial charge in [0.1, 0.15) is 11.5 Å². The average molecular weight is 282 g/mol. The van der Waals surface area contributed by atoms with Gasteiger partial charge in [-0.1, -0.05) is 18.6 Å². The van der Waals surface area contributed by atoms with Crippen LogP contribution < -0.4 is 4.74 Å². The van der Waals surface area contributed by atoms with E-state index in [2.05, 4.69) is 25.1 Å². The maximum Gasteiger partial charge on any atom is 0.139 e. The van der Waals surface area contributed by atoms with Crippen molar-refractivity contribution in [2.24, 2.45) is 11.3 Å². The van der Waals surface area contributed by atoms with Crippen molar-refractivity contribution in [3.8, 4) is 5.75 Å². The fraction of sp³-hybridized carbons (Fsp3) is 0.526. The first kappa shape index (κ1) is 13.1. The van der Waals surface area contributed by atoms with Gasteiger partial charge in [-0.15, -0.1) is 0 Å². The number of ether oxygens (including phenoxy) is 1. The van der Waals surface area contributed by atoms with Crippen LogP contribution in [0.4, 0.5) is 0 Å². The van der Waals surface area contributed by atoms with E-state index in [-0.39, 0.29) is 5.41 Å². The smallest absolute Gasteiger partial charge is 0.139 e. The van der Waals surface area contributed by atoms with Crippen LogP contribution in [0.25, 0.3) is 5.57 Å². The van der Waals surface area contributed by atoms with E-state index in [1.807, 2.05) is 0 Å². The first-order valence-corrected chi connectivity index (χ1v) is 8.06. The molecule has 0 bridgehead atoms. The van der Waals surface area contributed by atoms with Gasteiger partial charge >= 0.3 is 0 Å². The Kier molecular flexibility index (Phi) is 2.79. The van der Waals surface area contributed by atoms with E-state index in [4.69, 9.17) is 4.74 Å². The molecule has 21 heavy (non-hydrogen) atoms. The zero-order chi connectivity index (χ0) is 14.6. The average Bonchev–Trinajstić information content (AvgIpc) is 2.82. The Bertz CT molecular complexity index is 656. The van der Waals surface area contributed by atoms with E-state index in [1.165, 1.54) is 16.7 Å². The second-order valence-electron chi connectivity index (χ2n) is 6.96. The molecule has 0 N–H and O–H groups in total. The lowest BCUT2D eigenvalue weighted by Gasteiger charge is -2.40. The standard InChI is InChI=1S/C19H22O2/c1-19-10-9-15-14-6-4-13(21-2)11-12(14)3-5-16(15)17(19)7-8-18(19)20/h4,6,11,17H,3,5,7-10H2,1-2H3/t17-,19?/m0/s1. The third-order valence-electron chi connectivity index (χ3n) is 6.07. The molecule has 4 rings (SSSR count). The van der Waals surface area contributed by atoms with Gasteiger partial charge in [-0.25, -0.2) is 0 Å². The Morgan fingerprint density at radius 1 is 1.19 bits per heavy atom. The number of carbonyl (C=O) groups is 1. The summed E-state index contributed by atoms with van der Waals surface area (Å²) in [6.07, 6.45) is 6.16. The van der Waals surface area contributed by atoms with E-state index < -0.39 is 0 Å². The lowest BCUT2D eigenvalue weighted by Crippen LogP contribution is -2.34. The van der Waals surface area contributed by atoms with Gasteiger partial charge in [-0.3, -0.25) is 4.79 Å². The molecule has 3 aliphatic carbocycles. The first-order valence-electron chi connectivity index (χ1n) is 8.06. The number of Topliss-reactive ketones (excluding diaryl/α,β-unsaturated/α-hetero) is 1. The molecule has 0 radical (unpaired) electrons. The molecule has 3 aliphatic rings. The number of carbonyl (C=O) groups excluding carboxylic acids is 1. The summed E-state index contributed by atoms with van der Waals surface area (Å²) in [6, 6.07) is 6.48. The van der Waals surface area contributed by atoms with Crippen molar-refractivity contribution in [3.63, 3.8) is 0 Å². The van der Waals surface area contributed by atoms with Crippen LogP contribution in [0.3, 0.4) is 0 Å². The minimum Gasteiger partial charge on any atom is -0.497 e. The summed E-state index contributed by atoms with van der Waals surface area (Å²) in [6.45, 7) is 2.21. The van der Waals surface area contributed by atoms with Crippen molar-refractivity contribution >= 4 is 11.4 Å². The molecular formula is C19H22O2. The lowest BCUT2D eigenvalue weighted by molar-refractivity contribution is -0.126. The Balaban J connectivity index is 1.81. The predicted molar refractivity (Wildman–Crippen MR) is 83.3 cm³/mol. The second kappa shape index (κ2) is 4.46. The molecule has 0 heterocycles. The SMILES string of the molecule is COc1ccc2c(c1)CCC1=C2CCC2(C)C(=O)CC[C@@H]12. The molecule has 0 aromatic heterocycles. The van der Waals surface area contributed by atoms with E-state index in [0.717, 1.165) is 44.3 Å². The molecule has 0 aliphatic heterocycles. The highest BCUT2D eigenvalue weighted by Crippen LogP contribution is 2.56.